The predicted molar refractivity (Wildman–Crippen MR) is 123 cm³/mol. The molecule has 1 N–H and O–H groups in total. The fourth-order valence-electron chi connectivity index (χ4n) is 3.73. The zero-order valence-corrected chi connectivity index (χ0v) is 18.9. The number of ether oxygens (including phenoxy) is 1. The molecule has 2 atom stereocenters. The van der Waals surface area contributed by atoms with Gasteiger partial charge in [0.05, 0.1) is 34.6 Å². The zero-order chi connectivity index (χ0) is 23.6. The molecule has 1 aliphatic rings. The number of alkyl halides is 3. The van der Waals surface area contributed by atoms with E-state index in [2.05, 4.69) is 10.2 Å². The van der Waals surface area contributed by atoms with Gasteiger partial charge in [-0.3, -0.25) is 4.79 Å². The van der Waals surface area contributed by atoms with E-state index in [4.69, 9.17) is 14.7 Å². The molecule has 0 bridgehead atoms. The molecule has 1 amide bonds. The minimum Gasteiger partial charge on any atom is -0.372 e. The second kappa shape index (κ2) is 9.56. The summed E-state index contributed by atoms with van der Waals surface area (Å²) in [4.78, 5) is 24.1. The normalized spacial score (nSPS) is 19.0. The van der Waals surface area contributed by atoms with E-state index in [0.29, 0.717) is 29.5 Å². The molecular weight excluding hydrogens is 453 g/mol. The van der Waals surface area contributed by atoms with Crippen LogP contribution in [0.2, 0.25) is 0 Å². The summed E-state index contributed by atoms with van der Waals surface area (Å²) in [7, 11) is 0. The summed E-state index contributed by atoms with van der Waals surface area (Å²) in [6, 6.07) is 12.1. The van der Waals surface area contributed by atoms with E-state index in [1.807, 2.05) is 38.1 Å². The topological polar surface area (TPSA) is 67.4 Å². The Bertz CT molecular complexity index is 1150. The quantitative estimate of drug-likeness (QED) is 0.523. The van der Waals surface area contributed by atoms with Crippen LogP contribution in [0.4, 0.5) is 24.7 Å². The number of halogens is 3. The zero-order valence-electron chi connectivity index (χ0n) is 18.1. The van der Waals surface area contributed by atoms with Crippen LogP contribution < -0.4 is 10.2 Å². The number of thioether (sulfide) groups is 1. The van der Waals surface area contributed by atoms with Crippen molar-refractivity contribution in [2.24, 2.45) is 0 Å². The number of nitrogens with one attached hydrogen (secondary N) is 1. The molecule has 33 heavy (non-hydrogen) atoms. The van der Waals surface area contributed by atoms with Crippen LogP contribution in [-0.2, 0) is 15.7 Å². The summed E-state index contributed by atoms with van der Waals surface area (Å²) < 4.78 is 44.6. The Hall–Kier alpha value is -2.85. The number of amides is 1. The molecule has 0 aliphatic carbocycles. The van der Waals surface area contributed by atoms with E-state index in [1.165, 1.54) is 23.9 Å². The minimum absolute atomic E-state index is 0.0177. The second-order valence-corrected chi connectivity index (χ2v) is 8.88. The molecule has 0 saturated carbocycles. The lowest BCUT2D eigenvalue weighted by Crippen LogP contribution is -2.46. The van der Waals surface area contributed by atoms with E-state index in [1.54, 1.807) is 0 Å². The van der Waals surface area contributed by atoms with Crippen LogP contribution in [0.3, 0.4) is 0 Å². The third-order valence-corrected chi connectivity index (χ3v) is 6.01. The average molecular weight is 477 g/mol. The summed E-state index contributed by atoms with van der Waals surface area (Å²) in [5, 5.41) is 3.13. The van der Waals surface area contributed by atoms with Crippen molar-refractivity contribution in [2.45, 2.75) is 37.3 Å². The lowest BCUT2D eigenvalue weighted by Gasteiger charge is -2.36. The molecule has 1 saturated heterocycles. The van der Waals surface area contributed by atoms with Crippen molar-refractivity contribution >= 4 is 40.2 Å². The number of morpholine rings is 1. The van der Waals surface area contributed by atoms with Gasteiger partial charge in [-0.05, 0) is 44.2 Å². The van der Waals surface area contributed by atoms with Gasteiger partial charge in [0.1, 0.15) is 5.03 Å². The maximum absolute atomic E-state index is 12.9. The van der Waals surface area contributed by atoms with Crippen LogP contribution in [0.5, 0.6) is 0 Å². The number of nitrogens with zero attached hydrogens (tertiary/aromatic N) is 3. The first-order valence-corrected chi connectivity index (χ1v) is 11.4. The third kappa shape index (κ3) is 5.75. The maximum atomic E-state index is 12.9. The molecule has 1 aliphatic heterocycles. The molecule has 10 heteroatoms. The van der Waals surface area contributed by atoms with Crippen LogP contribution in [-0.4, -0.2) is 46.9 Å². The van der Waals surface area contributed by atoms with Crippen molar-refractivity contribution in [3.05, 3.63) is 54.1 Å². The SMILES string of the molecule is C[C@H]1CN(c2nc3ccccc3nc2SCC(=O)Nc2cccc(C(F)(F)F)c2)C[C@H](C)O1. The Morgan fingerprint density at radius 3 is 2.42 bits per heavy atom. The van der Waals surface area contributed by atoms with E-state index in [9.17, 15) is 18.0 Å². The van der Waals surface area contributed by atoms with E-state index in [-0.39, 0.29) is 23.6 Å². The average Bonchev–Trinajstić information content (AvgIpc) is 2.76. The monoisotopic (exact) mass is 476 g/mol. The number of carbonyl (C=O) groups excluding carboxylic acids is 1. The molecular formula is C23H23F3N4O2S. The summed E-state index contributed by atoms with van der Waals surface area (Å²) in [6.07, 6.45) is -4.44. The Morgan fingerprint density at radius 1 is 1.09 bits per heavy atom. The van der Waals surface area contributed by atoms with Gasteiger partial charge in [0.25, 0.3) is 0 Å². The van der Waals surface area contributed by atoms with Gasteiger partial charge in [0.15, 0.2) is 5.82 Å². The molecule has 6 nitrogen and oxygen atoms in total. The first-order chi connectivity index (χ1) is 15.7. The molecule has 2 heterocycles. The van der Waals surface area contributed by atoms with Crippen molar-refractivity contribution < 1.29 is 22.7 Å². The highest BCUT2D eigenvalue weighted by Crippen LogP contribution is 2.32. The van der Waals surface area contributed by atoms with Crippen LogP contribution in [0.25, 0.3) is 11.0 Å². The van der Waals surface area contributed by atoms with Crippen molar-refractivity contribution in [1.29, 1.82) is 0 Å². The number of para-hydroxylation sites is 2. The van der Waals surface area contributed by atoms with Crippen LogP contribution in [0.1, 0.15) is 19.4 Å². The fourth-order valence-corrected chi connectivity index (χ4v) is 4.54. The molecule has 4 rings (SSSR count). The molecule has 0 radical (unpaired) electrons. The predicted octanol–water partition coefficient (Wildman–Crippen LogP) is 4.99. The highest BCUT2D eigenvalue weighted by Gasteiger charge is 2.30. The summed E-state index contributed by atoms with van der Waals surface area (Å²) in [5.74, 6) is 0.225. The number of rotatable bonds is 5. The summed E-state index contributed by atoms with van der Waals surface area (Å²) >= 11 is 1.20. The molecule has 2 aromatic carbocycles. The summed E-state index contributed by atoms with van der Waals surface area (Å²) in [5.41, 5.74) is 0.732. The van der Waals surface area contributed by atoms with Gasteiger partial charge in [0.2, 0.25) is 5.91 Å². The molecule has 3 aromatic rings. The van der Waals surface area contributed by atoms with Gasteiger partial charge in [-0.1, -0.05) is 30.0 Å². The Kier molecular flexibility index (Phi) is 6.76. The number of benzene rings is 2. The highest BCUT2D eigenvalue weighted by atomic mass is 32.2. The van der Waals surface area contributed by atoms with Gasteiger partial charge >= 0.3 is 6.18 Å². The van der Waals surface area contributed by atoms with Crippen molar-refractivity contribution in [3.8, 4) is 0 Å². The first-order valence-electron chi connectivity index (χ1n) is 10.5. The number of hydrogen-bond acceptors (Lipinski definition) is 6. The van der Waals surface area contributed by atoms with Crippen LogP contribution in [0.15, 0.2) is 53.6 Å². The number of hydrogen-bond donors (Lipinski definition) is 1. The molecule has 1 fully saturated rings. The minimum atomic E-state index is -4.47. The number of carbonyl (C=O) groups is 1. The Balaban J connectivity index is 1.53. The van der Waals surface area contributed by atoms with E-state index in [0.717, 1.165) is 17.6 Å². The lowest BCUT2D eigenvalue weighted by atomic mass is 10.2. The van der Waals surface area contributed by atoms with Gasteiger partial charge in [-0.25, -0.2) is 9.97 Å². The maximum Gasteiger partial charge on any atom is 0.416 e. The number of fused-ring (bicyclic) bond motifs is 1. The number of aromatic nitrogens is 2. The van der Waals surface area contributed by atoms with Crippen LogP contribution in [0, 0.1) is 0 Å². The first kappa shape index (κ1) is 23.3. The van der Waals surface area contributed by atoms with Crippen LogP contribution >= 0.6 is 11.8 Å². The molecule has 174 valence electrons. The Labute approximate surface area is 193 Å². The largest absolute Gasteiger partial charge is 0.416 e. The molecule has 0 spiro atoms. The summed E-state index contributed by atoms with van der Waals surface area (Å²) in [6.45, 7) is 5.27. The Morgan fingerprint density at radius 2 is 1.76 bits per heavy atom. The van der Waals surface area contributed by atoms with Crippen molar-refractivity contribution in [2.75, 3.05) is 29.1 Å². The molecule has 1 aromatic heterocycles. The third-order valence-electron chi connectivity index (χ3n) is 5.05. The molecule has 0 unspecified atom stereocenters. The standard InChI is InChI=1S/C23H23F3N4O2S/c1-14-11-30(12-15(2)32-14)21-22(29-19-9-4-3-8-18(19)28-21)33-13-20(31)27-17-7-5-6-16(10-17)23(24,25)26/h3-10,14-15H,11-13H2,1-2H3,(H,27,31)/t14-,15-/m0/s1. The second-order valence-electron chi connectivity index (χ2n) is 7.92. The van der Waals surface area contributed by atoms with Gasteiger partial charge in [0, 0.05) is 18.8 Å². The van der Waals surface area contributed by atoms with Gasteiger partial charge in [-0.15, -0.1) is 0 Å². The lowest BCUT2D eigenvalue weighted by molar-refractivity contribution is -0.137. The van der Waals surface area contributed by atoms with Gasteiger partial charge < -0.3 is 15.0 Å². The van der Waals surface area contributed by atoms with Crippen molar-refractivity contribution in [1.82, 2.24) is 9.97 Å². The smallest absolute Gasteiger partial charge is 0.372 e. The fraction of sp³-hybridized carbons (Fsp3) is 0.348. The van der Waals surface area contributed by atoms with Crippen molar-refractivity contribution in [3.63, 3.8) is 0 Å². The highest BCUT2D eigenvalue weighted by molar-refractivity contribution is 8.00. The van der Waals surface area contributed by atoms with E-state index < -0.39 is 17.6 Å². The number of anilines is 2. The van der Waals surface area contributed by atoms with E-state index >= 15 is 0 Å². The van der Waals surface area contributed by atoms with Gasteiger partial charge in [-0.2, -0.15) is 13.2 Å².